The van der Waals surface area contributed by atoms with Gasteiger partial charge in [0, 0.05) is 49.4 Å². The first-order chi connectivity index (χ1) is 17.2. The molecular formula is C25H30N6O4S. The zero-order chi connectivity index (χ0) is 25.7. The lowest BCUT2D eigenvalue weighted by molar-refractivity contribution is -0.114. The van der Waals surface area contributed by atoms with Gasteiger partial charge in [-0.05, 0) is 56.3 Å². The number of pyridine rings is 1. The highest BCUT2D eigenvalue weighted by molar-refractivity contribution is 7.89. The number of hydrogen-bond donors (Lipinski definition) is 4. The zero-order valence-corrected chi connectivity index (χ0v) is 21.1. The number of anilines is 2. The van der Waals surface area contributed by atoms with Crippen LogP contribution in [0.4, 0.5) is 16.2 Å². The fraction of sp³-hybridized carbons (Fsp3) is 0.320. The number of rotatable bonds is 8. The zero-order valence-electron chi connectivity index (χ0n) is 20.2. The number of benzene rings is 2. The molecule has 2 heterocycles. The number of amides is 3. The van der Waals surface area contributed by atoms with E-state index in [2.05, 4.69) is 30.6 Å². The van der Waals surface area contributed by atoms with Crippen LogP contribution < -0.4 is 20.7 Å². The molecule has 1 unspecified atom stereocenters. The number of carbonyl (C=O) groups is 2. The topological polar surface area (TPSA) is 133 Å². The van der Waals surface area contributed by atoms with E-state index in [4.69, 9.17) is 0 Å². The number of nitrogens with zero attached hydrogens (tertiary/aromatic N) is 2. The quantitative estimate of drug-likeness (QED) is 0.368. The average Bonchev–Trinajstić information content (AvgIpc) is 3.25. The molecule has 2 aromatic carbocycles. The minimum Gasteiger partial charge on any atom is -0.337 e. The molecule has 10 nitrogen and oxygen atoms in total. The Kier molecular flexibility index (Phi) is 7.82. The first kappa shape index (κ1) is 25.5. The van der Waals surface area contributed by atoms with Crippen molar-refractivity contribution in [1.82, 2.24) is 19.9 Å². The van der Waals surface area contributed by atoms with Crippen LogP contribution in [-0.2, 0) is 14.8 Å². The average molecular weight is 511 g/mol. The van der Waals surface area contributed by atoms with Crippen molar-refractivity contribution in [1.29, 1.82) is 0 Å². The maximum absolute atomic E-state index is 12.7. The van der Waals surface area contributed by atoms with Crippen molar-refractivity contribution in [2.24, 2.45) is 0 Å². The molecule has 3 aromatic rings. The summed E-state index contributed by atoms with van der Waals surface area (Å²) in [5, 5.41) is 9.26. The van der Waals surface area contributed by atoms with Crippen LogP contribution in [0, 0.1) is 6.92 Å². The lowest BCUT2D eigenvalue weighted by Gasteiger charge is -2.17. The van der Waals surface area contributed by atoms with Crippen LogP contribution in [0.3, 0.4) is 0 Å². The normalized spacial score (nSPS) is 16.1. The molecule has 1 aliphatic rings. The van der Waals surface area contributed by atoms with E-state index in [0.29, 0.717) is 37.4 Å². The van der Waals surface area contributed by atoms with Crippen LogP contribution in [0.2, 0.25) is 0 Å². The Labute approximate surface area is 210 Å². The predicted octanol–water partition coefficient (Wildman–Crippen LogP) is 2.68. The number of fused-ring (bicyclic) bond motifs is 1. The van der Waals surface area contributed by atoms with E-state index < -0.39 is 10.0 Å². The number of nitrogens with one attached hydrogen (secondary N) is 4. The Bertz CT molecular complexity index is 1360. The molecule has 1 atom stereocenters. The third kappa shape index (κ3) is 6.56. The summed E-state index contributed by atoms with van der Waals surface area (Å²) >= 11 is 0. The van der Waals surface area contributed by atoms with Gasteiger partial charge in [-0.3, -0.25) is 14.7 Å². The van der Waals surface area contributed by atoms with Crippen molar-refractivity contribution in [3.63, 3.8) is 0 Å². The summed E-state index contributed by atoms with van der Waals surface area (Å²) in [6.45, 7) is 5.59. The second-order valence-electron chi connectivity index (χ2n) is 8.82. The molecule has 0 saturated carbocycles. The second-order valence-corrected chi connectivity index (χ2v) is 10.5. The SMILES string of the molecule is CC(=O)Nc1ccc(S(=O)(=O)NC2CCN(CCNC(=O)Nc3cc(C)nc4ccccc34)C2)cc1. The number of aryl methyl sites for hydroxylation is 1. The van der Waals surface area contributed by atoms with Crippen molar-refractivity contribution < 1.29 is 18.0 Å². The fourth-order valence-electron chi connectivity index (χ4n) is 4.25. The second kappa shape index (κ2) is 11.0. The third-order valence-corrected chi connectivity index (χ3v) is 7.42. The number of para-hydroxylation sites is 1. The number of likely N-dealkylation sites (tertiary alicyclic amines) is 1. The Morgan fingerprint density at radius 1 is 1.08 bits per heavy atom. The summed E-state index contributed by atoms with van der Waals surface area (Å²) in [6.07, 6.45) is 0.678. The molecule has 11 heteroatoms. The van der Waals surface area contributed by atoms with E-state index in [-0.39, 0.29) is 22.9 Å². The molecule has 1 saturated heterocycles. The van der Waals surface area contributed by atoms with E-state index in [1.54, 1.807) is 12.1 Å². The van der Waals surface area contributed by atoms with Gasteiger partial charge in [-0.1, -0.05) is 18.2 Å². The first-order valence-electron chi connectivity index (χ1n) is 11.7. The highest BCUT2D eigenvalue weighted by Crippen LogP contribution is 2.23. The summed E-state index contributed by atoms with van der Waals surface area (Å²) in [5.74, 6) is -0.220. The molecule has 0 bridgehead atoms. The molecule has 36 heavy (non-hydrogen) atoms. The van der Waals surface area contributed by atoms with E-state index in [0.717, 1.165) is 23.1 Å². The monoisotopic (exact) mass is 510 g/mol. The molecule has 3 amide bonds. The number of aromatic nitrogens is 1. The summed E-state index contributed by atoms with van der Waals surface area (Å²) in [5.41, 5.74) is 2.88. The van der Waals surface area contributed by atoms with Gasteiger partial charge in [-0.15, -0.1) is 0 Å². The van der Waals surface area contributed by atoms with Gasteiger partial charge in [-0.2, -0.15) is 0 Å². The maximum Gasteiger partial charge on any atom is 0.319 e. The molecule has 190 valence electrons. The van der Waals surface area contributed by atoms with E-state index >= 15 is 0 Å². The molecule has 4 N–H and O–H groups in total. The maximum atomic E-state index is 12.7. The third-order valence-electron chi connectivity index (χ3n) is 5.89. The first-order valence-corrected chi connectivity index (χ1v) is 13.2. The van der Waals surface area contributed by atoms with E-state index in [9.17, 15) is 18.0 Å². The van der Waals surface area contributed by atoms with Gasteiger partial charge in [-0.25, -0.2) is 17.9 Å². The number of carbonyl (C=O) groups excluding carboxylic acids is 2. The minimum absolute atomic E-state index is 0.146. The fourth-order valence-corrected chi connectivity index (χ4v) is 5.51. The van der Waals surface area contributed by atoms with Crippen LogP contribution in [0.1, 0.15) is 19.0 Å². The van der Waals surface area contributed by atoms with Crippen LogP contribution >= 0.6 is 0 Å². The van der Waals surface area contributed by atoms with Crippen molar-refractivity contribution in [2.45, 2.75) is 31.2 Å². The molecule has 1 aromatic heterocycles. The van der Waals surface area contributed by atoms with Crippen LogP contribution in [0.25, 0.3) is 10.9 Å². The van der Waals surface area contributed by atoms with Crippen molar-refractivity contribution in [3.8, 4) is 0 Å². The Hall–Kier alpha value is -3.54. The molecule has 4 rings (SSSR count). The van der Waals surface area contributed by atoms with E-state index in [1.165, 1.54) is 19.1 Å². The smallest absolute Gasteiger partial charge is 0.319 e. The lowest BCUT2D eigenvalue weighted by atomic mass is 10.1. The number of sulfonamides is 1. The predicted molar refractivity (Wildman–Crippen MR) is 139 cm³/mol. The molecule has 1 aliphatic heterocycles. The molecule has 0 spiro atoms. The number of hydrogen-bond acceptors (Lipinski definition) is 6. The summed E-state index contributed by atoms with van der Waals surface area (Å²) in [4.78, 5) is 30.3. The Balaban J connectivity index is 1.24. The highest BCUT2D eigenvalue weighted by atomic mass is 32.2. The molecule has 0 aliphatic carbocycles. The van der Waals surface area contributed by atoms with Gasteiger partial charge in [0.05, 0.1) is 16.1 Å². The lowest BCUT2D eigenvalue weighted by Crippen LogP contribution is -2.39. The van der Waals surface area contributed by atoms with Gasteiger partial charge in [0.25, 0.3) is 0 Å². The summed E-state index contributed by atoms with van der Waals surface area (Å²) in [6, 6.07) is 15.0. The minimum atomic E-state index is -3.68. The van der Waals surface area contributed by atoms with Crippen LogP contribution in [-0.4, -0.2) is 62.5 Å². The molecular weight excluding hydrogens is 480 g/mol. The molecule has 1 fully saturated rings. The van der Waals surface area contributed by atoms with Gasteiger partial charge >= 0.3 is 6.03 Å². The Morgan fingerprint density at radius 2 is 1.83 bits per heavy atom. The highest BCUT2D eigenvalue weighted by Gasteiger charge is 2.27. The van der Waals surface area contributed by atoms with E-state index in [1.807, 2.05) is 37.3 Å². The van der Waals surface area contributed by atoms with Crippen LogP contribution in [0.5, 0.6) is 0 Å². The largest absolute Gasteiger partial charge is 0.337 e. The van der Waals surface area contributed by atoms with Gasteiger partial charge in [0.2, 0.25) is 15.9 Å². The van der Waals surface area contributed by atoms with Crippen molar-refractivity contribution in [2.75, 3.05) is 36.8 Å². The Morgan fingerprint density at radius 3 is 2.58 bits per heavy atom. The van der Waals surface area contributed by atoms with Crippen molar-refractivity contribution >= 4 is 44.2 Å². The van der Waals surface area contributed by atoms with Gasteiger partial charge < -0.3 is 16.0 Å². The number of urea groups is 1. The van der Waals surface area contributed by atoms with Crippen LogP contribution in [0.15, 0.2) is 59.5 Å². The standard InChI is InChI=1S/C25H30N6O4S/c1-17-15-24(22-5-3-4-6-23(22)27-17)29-25(33)26-12-14-31-13-11-20(16-31)30-36(34,35)21-9-7-19(8-10-21)28-18(2)32/h3-10,15,20,30H,11-14,16H2,1-2H3,(H,28,32)(H2,26,27,29,33). The van der Waals surface area contributed by atoms with Crippen molar-refractivity contribution in [3.05, 3.63) is 60.3 Å². The summed E-state index contributed by atoms with van der Waals surface area (Å²) in [7, 11) is -3.68. The summed E-state index contributed by atoms with van der Waals surface area (Å²) < 4.78 is 28.2. The van der Waals surface area contributed by atoms with Gasteiger partial charge in [0.15, 0.2) is 0 Å². The molecule has 0 radical (unpaired) electrons. The van der Waals surface area contributed by atoms with Gasteiger partial charge in [0.1, 0.15) is 0 Å².